The van der Waals surface area contributed by atoms with Crippen LogP contribution in [0.4, 0.5) is 5.69 Å². The molecule has 0 saturated heterocycles. The number of aryl methyl sites for hydroxylation is 1. The summed E-state index contributed by atoms with van der Waals surface area (Å²) in [5, 5.41) is 2.87. The topological polar surface area (TPSA) is 77.2 Å². The molecule has 20 heavy (non-hydrogen) atoms. The molecule has 0 atom stereocenters. The van der Waals surface area contributed by atoms with Crippen molar-refractivity contribution in [3.8, 4) is 5.75 Å². The van der Waals surface area contributed by atoms with Crippen LogP contribution in [0, 0.1) is 6.92 Å². The number of nitrogens with two attached hydrogens (primary N) is 1. The van der Waals surface area contributed by atoms with Gasteiger partial charge in [-0.1, -0.05) is 0 Å². The maximum absolute atomic E-state index is 12.2. The first kappa shape index (κ1) is 14.0. The van der Waals surface area contributed by atoms with E-state index in [4.69, 9.17) is 10.5 Å². The Kier molecular flexibility index (Phi) is 4.32. The third kappa shape index (κ3) is 3.13. The summed E-state index contributed by atoms with van der Waals surface area (Å²) in [6, 6.07) is 8.84. The second kappa shape index (κ2) is 6.16. The van der Waals surface area contributed by atoms with Gasteiger partial charge in [-0.2, -0.15) is 0 Å². The lowest BCUT2D eigenvalue weighted by molar-refractivity contribution is 0.102. The van der Waals surface area contributed by atoms with E-state index in [1.54, 1.807) is 31.5 Å². The molecule has 5 heteroatoms. The van der Waals surface area contributed by atoms with Gasteiger partial charge in [0.15, 0.2) is 0 Å². The van der Waals surface area contributed by atoms with Crippen LogP contribution in [-0.4, -0.2) is 18.0 Å². The Balaban J connectivity index is 2.18. The highest BCUT2D eigenvalue weighted by atomic mass is 16.5. The van der Waals surface area contributed by atoms with Crippen LogP contribution < -0.4 is 15.8 Å². The molecule has 1 amide bonds. The number of hydrogen-bond acceptors (Lipinski definition) is 4. The third-order valence-electron chi connectivity index (χ3n) is 2.97. The Bertz CT molecular complexity index is 626. The van der Waals surface area contributed by atoms with Gasteiger partial charge in [0.2, 0.25) is 0 Å². The monoisotopic (exact) mass is 271 g/mol. The number of rotatable bonds is 4. The lowest BCUT2D eigenvalue weighted by atomic mass is 10.1. The van der Waals surface area contributed by atoms with E-state index < -0.39 is 0 Å². The fraction of sp³-hybridized carbons (Fsp3) is 0.200. The number of carbonyl (C=O) groups is 1. The first-order valence-corrected chi connectivity index (χ1v) is 6.25. The smallest absolute Gasteiger partial charge is 0.255 e. The average Bonchev–Trinajstić information content (AvgIpc) is 2.49. The van der Waals surface area contributed by atoms with Crippen molar-refractivity contribution >= 4 is 11.6 Å². The molecule has 1 heterocycles. The van der Waals surface area contributed by atoms with Gasteiger partial charge in [-0.15, -0.1) is 0 Å². The van der Waals surface area contributed by atoms with Crippen molar-refractivity contribution in [1.82, 2.24) is 4.98 Å². The van der Waals surface area contributed by atoms with Gasteiger partial charge in [0.1, 0.15) is 5.75 Å². The molecule has 0 saturated carbocycles. The van der Waals surface area contributed by atoms with E-state index in [1.807, 2.05) is 19.1 Å². The lowest BCUT2D eigenvalue weighted by Crippen LogP contribution is -2.14. The number of hydrogen-bond donors (Lipinski definition) is 2. The number of ether oxygens (including phenoxy) is 1. The van der Waals surface area contributed by atoms with Crippen LogP contribution in [0.15, 0.2) is 36.5 Å². The van der Waals surface area contributed by atoms with Crippen molar-refractivity contribution in [2.75, 3.05) is 12.4 Å². The summed E-state index contributed by atoms with van der Waals surface area (Å²) in [4.78, 5) is 16.2. The summed E-state index contributed by atoms with van der Waals surface area (Å²) < 4.78 is 5.14. The van der Waals surface area contributed by atoms with Gasteiger partial charge in [-0.05, 0) is 42.8 Å². The summed E-state index contributed by atoms with van der Waals surface area (Å²) in [5.41, 5.74) is 8.43. The first-order chi connectivity index (χ1) is 9.63. The number of amides is 1. The van der Waals surface area contributed by atoms with Crippen molar-refractivity contribution < 1.29 is 9.53 Å². The molecule has 0 bridgehead atoms. The molecule has 2 aromatic rings. The maximum Gasteiger partial charge on any atom is 0.255 e. The van der Waals surface area contributed by atoms with Gasteiger partial charge in [0, 0.05) is 24.0 Å². The molecule has 0 unspecified atom stereocenters. The minimum Gasteiger partial charge on any atom is -0.497 e. The second-order valence-electron chi connectivity index (χ2n) is 4.37. The van der Waals surface area contributed by atoms with Crippen LogP contribution in [0.3, 0.4) is 0 Å². The van der Waals surface area contributed by atoms with Crippen LogP contribution in [0.25, 0.3) is 0 Å². The molecule has 1 aromatic heterocycles. The summed E-state index contributed by atoms with van der Waals surface area (Å²) >= 11 is 0. The van der Waals surface area contributed by atoms with E-state index in [9.17, 15) is 4.79 Å². The van der Waals surface area contributed by atoms with E-state index in [-0.39, 0.29) is 5.91 Å². The Morgan fingerprint density at radius 1 is 1.35 bits per heavy atom. The summed E-state index contributed by atoms with van der Waals surface area (Å²) in [7, 11) is 1.61. The number of methoxy groups -OCH3 is 1. The molecule has 0 spiro atoms. The van der Waals surface area contributed by atoms with E-state index in [2.05, 4.69) is 10.3 Å². The van der Waals surface area contributed by atoms with Crippen molar-refractivity contribution in [2.24, 2.45) is 5.73 Å². The van der Waals surface area contributed by atoms with Crippen molar-refractivity contribution in [3.05, 3.63) is 53.3 Å². The highest BCUT2D eigenvalue weighted by Crippen LogP contribution is 2.21. The number of aromatic nitrogens is 1. The van der Waals surface area contributed by atoms with Gasteiger partial charge >= 0.3 is 0 Å². The van der Waals surface area contributed by atoms with Gasteiger partial charge in [-0.25, -0.2) is 0 Å². The summed E-state index contributed by atoms with van der Waals surface area (Å²) in [5.74, 6) is 0.574. The summed E-state index contributed by atoms with van der Waals surface area (Å²) in [6.45, 7) is 2.22. The van der Waals surface area contributed by atoms with Gasteiger partial charge < -0.3 is 15.8 Å². The largest absolute Gasteiger partial charge is 0.497 e. The number of nitrogens with zero attached hydrogens (tertiary/aromatic N) is 1. The highest BCUT2D eigenvalue weighted by molar-refractivity contribution is 6.04. The predicted octanol–water partition coefficient (Wildman–Crippen LogP) is 2.11. The molecule has 1 aromatic carbocycles. The molecule has 5 nitrogen and oxygen atoms in total. The number of pyridine rings is 1. The minimum atomic E-state index is -0.185. The number of nitrogens with one attached hydrogen (secondary N) is 1. The SMILES string of the molecule is COc1ccc(NC(=O)c2ccnc(CN)c2)c(C)c1. The molecule has 3 N–H and O–H groups in total. The van der Waals surface area contributed by atoms with Gasteiger partial charge in [-0.3, -0.25) is 9.78 Å². The fourth-order valence-corrected chi connectivity index (χ4v) is 1.83. The molecule has 0 fully saturated rings. The van der Waals surface area contributed by atoms with E-state index in [1.165, 1.54) is 0 Å². The zero-order valence-electron chi connectivity index (χ0n) is 11.5. The molecule has 2 rings (SSSR count). The van der Waals surface area contributed by atoms with Gasteiger partial charge in [0.25, 0.3) is 5.91 Å². The normalized spacial score (nSPS) is 10.2. The molecule has 0 radical (unpaired) electrons. The molecular weight excluding hydrogens is 254 g/mol. The van der Waals surface area contributed by atoms with Crippen molar-refractivity contribution in [3.63, 3.8) is 0 Å². The third-order valence-corrected chi connectivity index (χ3v) is 2.97. The van der Waals surface area contributed by atoms with Crippen LogP contribution in [0.1, 0.15) is 21.6 Å². The van der Waals surface area contributed by atoms with Crippen LogP contribution in [-0.2, 0) is 6.54 Å². The quantitative estimate of drug-likeness (QED) is 0.892. The zero-order chi connectivity index (χ0) is 14.5. The zero-order valence-corrected chi connectivity index (χ0v) is 11.5. The van der Waals surface area contributed by atoms with Crippen LogP contribution in [0.2, 0.25) is 0 Å². The van der Waals surface area contributed by atoms with E-state index in [0.717, 1.165) is 17.0 Å². The Hall–Kier alpha value is -2.40. The highest BCUT2D eigenvalue weighted by Gasteiger charge is 2.09. The summed E-state index contributed by atoms with van der Waals surface area (Å²) in [6.07, 6.45) is 1.58. The minimum absolute atomic E-state index is 0.185. The predicted molar refractivity (Wildman–Crippen MR) is 77.8 cm³/mol. The molecule has 0 aliphatic rings. The Labute approximate surface area is 117 Å². The molecule has 104 valence electrons. The van der Waals surface area contributed by atoms with Gasteiger partial charge in [0.05, 0.1) is 12.8 Å². The van der Waals surface area contributed by atoms with Crippen molar-refractivity contribution in [2.45, 2.75) is 13.5 Å². The Morgan fingerprint density at radius 2 is 2.15 bits per heavy atom. The standard InChI is InChI=1S/C15H17N3O2/c1-10-7-13(20-2)3-4-14(10)18-15(19)11-5-6-17-12(8-11)9-16/h3-8H,9,16H2,1-2H3,(H,18,19). The van der Waals surface area contributed by atoms with E-state index in [0.29, 0.717) is 17.8 Å². The average molecular weight is 271 g/mol. The first-order valence-electron chi connectivity index (χ1n) is 6.25. The second-order valence-corrected chi connectivity index (χ2v) is 4.37. The van der Waals surface area contributed by atoms with Crippen molar-refractivity contribution in [1.29, 1.82) is 0 Å². The Morgan fingerprint density at radius 3 is 2.80 bits per heavy atom. The number of benzene rings is 1. The van der Waals surface area contributed by atoms with Crippen LogP contribution in [0.5, 0.6) is 5.75 Å². The van der Waals surface area contributed by atoms with Crippen LogP contribution >= 0.6 is 0 Å². The van der Waals surface area contributed by atoms with E-state index >= 15 is 0 Å². The fourth-order valence-electron chi connectivity index (χ4n) is 1.83. The lowest BCUT2D eigenvalue weighted by Gasteiger charge is -2.10. The number of anilines is 1. The molecule has 0 aliphatic heterocycles. The molecule has 0 aliphatic carbocycles. The number of carbonyl (C=O) groups excluding carboxylic acids is 1. The molecular formula is C15H17N3O2. The maximum atomic E-state index is 12.2.